The molecule has 0 saturated heterocycles. The Balaban J connectivity index is 2.33. The molecule has 0 aliphatic carbocycles. The average Bonchev–Trinajstić information content (AvgIpc) is 2.41. The molecule has 0 amide bonds. The summed E-state index contributed by atoms with van der Waals surface area (Å²) in [6, 6.07) is 15.3. The average molecular weight is 301 g/mol. The van der Waals surface area contributed by atoms with E-state index < -0.39 is 0 Å². The summed E-state index contributed by atoms with van der Waals surface area (Å²) < 4.78 is 1.05. The quantitative estimate of drug-likeness (QED) is 0.749. The number of hydrogen-bond donors (Lipinski definition) is 1. The molecule has 0 spiro atoms. The van der Waals surface area contributed by atoms with Crippen LogP contribution in [0, 0.1) is 0 Å². The van der Waals surface area contributed by atoms with Gasteiger partial charge >= 0.3 is 0 Å². The first-order valence-corrected chi connectivity index (χ1v) is 6.28. The maximum absolute atomic E-state index is 11.0. The van der Waals surface area contributed by atoms with Crippen molar-refractivity contribution in [3.05, 3.63) is 63.4 Å². The molecule has 3 aromatic rings. The highest BCUT2D eigenvalue weighted by Crippen LogP contribution is 2.31. The van der Waals surface area contributed by atoms with Crippen LogP contribution in [0.4, 0.5) is 0 Å². The van der Waals surface area contributed by atoms with Crippen LogP contribution in [-0.2, 0) is 0 Å². The Kier molecular flexibility index (Phi) is 2.72. The number of hydrogen-bond acceptors (Lipinski definition) is 2. The second-order valence-electron chi connectivity index (χ2n) is 3.95. The molecular weight excluding hydrogens is 292 g/mol. The summed E-state index contributed by atoms with van der Waals surface area (Å²) in [5, 5.41) is 8.77. The van der Waals surface area contributed by atoms with Gasteiger partial charge in [0.1, 0.15) is 0 Å². The van der Waals surface area contributed by atoms with Crippen molar-refractivity contribution < 1.29 is 0 Å². The van der Waals surface area contributed by atoms with Gasteiger partial charge in [-0.05, 0) is 22.9 Å². The fourth-order valence-corrected chi connectivity index (χ4v) is 2.46. The summed E-state index contributed by atoms with van der Waals surface area (Å²) in [6.45, 7) is 0. The lowest BCUT2D eigenvalue weighted by atomic mass is 10.0. The van der Waals surface area contributed by atoms with Crippen molar-refractivity contribution in [3.63, 3.8) is 0 Å². The third-order valence-corrected chi connectivity index (χ3v) is 3.52. The number of nitrogens with one attached hydrogen (secondary N) is 1. The molecule has 0 unspecified atom stereocenters. The maximum atomic E-state index is 11.0. The van der Waals surface area contributed by atoms with E-state index in [-0.39, 0.29) is 5.56 Å². The molecule has 2 aromatic carbocycles. The third kappa shape index (κ3) is 1.84. The molecule has 3 nitrogen and oxygen atoms in total. The van der Waals surface area contributed by atoms with Gasteiger partial charge in [0.25, 0.3) is 5.56 Å². The zero-order valence-corrected chi connectivity index (χ0v) is 10.9. The minimum absolute atomic E-state index is 0.194. The molecule has 0 bridgehead atoms. The van der Waals surface area contributed by atoms with Crippen molar-refractivity contribution in [2.75, 3.05) is 0 Å². The van der Waals surface area contributed by atoms with Gasteiger partial charge in [0.05, 0.1) is 5.69 Å². The zero-order chi connectivity index (χ0) is 12.5. The van der Waals surface area contributed by atoms with Crippen molar-refractivity contribution >= 4 is 26.7 Å². The van der Waals surface area contributed by atoms with Crippen molar-refractivity contribution in [3.8, 4) is 11.3 Å². The minimum Gasteiger partial charge on any atom is -0.268 e. The normalized spacial score (nSPS) is 10.7. The second kappa shape index (κ2) is 4.38. The molecule has 1 aromatic heterocycles. The Labute approximate surface area is 112 Å². The smallest absolute Gasteiger partial charge is 0.264 e. The first-order chi connectivity index (χ1) is 8.75. The van der Waals surface area contributed by atoms with E-state index in [4.69, 9.17) is 0 Å². The van der Waals surface area contributed by atoms with E-state index in [9.17, 15) is 4.79 Å². The van der Waals surface area contributed by atoms with Crippen LogP contribution in [0.5, 0.6) is 0 Å². The number of nitrogens with zero attached hydrogens (tertiary/aromatic N) is 1. The lowest BCUT2D eigenvalue weighted by Gasteiger charge is -2.07. The first-order valence-electron chi connectivity index (χ1n) is 5.49. The predicted molar refractivity (Wildman–Crippen MR) is 75.5 cm³/mol. The van der Waals surface area contributed by atoms with Crippen molar-refractivity contribution in [1.82, 2.24) is 10.2 Å². The first kappa shape index (κ1) is 11.2. The maximum Gasteiger partial charge on any atom is 0.264 e. The van der Waals surface area contributed by atoms with Gasteiger partial charge in [0, 0.05) is 16.1 Å². The lowest BCUT2D eigenvalue weighted by molar-refractivity contribution is 0.996. The van der Waals surface area contributed by atoms with Crippen LogP contribution in [0.25, 0.3) is 22.0 Å². The second-order valence-corrected chi connectivity index (χ2v) is 4.80. The Bertz CT molecular complexity index is 760. The molecule has 0 aliphatic heterocycles. The fourth-order valence-electron chi connectivity index (χ4n) is 1.98. The molecule has 1 N–H and O–H groups in total. The van der Waals surface area contributed by atoms with Gasteiger partial charge in [0.15, 0.2) is 0 Å². The fraction of sp³-hybridized carbons (Fsp3) is 0. The molecule has 0 saturated carbocycles. The topological polar surface area (TPSA) is 45.8 Å². The number of rotatable bonds is 1. The summed E-state index contributed by atoms with van der Waals surface area (Å²) in [6.07, 6.45) is 0. The SMILES string of the molecule is O=c1ccc(-c2ccc(Br)c3ccccc23)n[nH]1. The van der Waals surface area contributed by atoms with Crippen LogP contribution >= 0.6 is 15.9 Å². The highest BCUT2D eigenvalue weighted by Gasteiger charge is 2.07. The number of fused-ring (bicyclic) bond motifs is 1. The third-order valence-electron chi connectivity index (χ3n) is 2.83. The van der Waals surface area contributed by atoms with Gasteiger partial charge < -0.3 is 0 Å². The molecule has 18 heavy (non-hydrogen) atoms. The van der Waals surface area contributed by atoms with E-state index in [2.05, 4.69) is 32.2 Å². The number of halogens is 1. The Morgan fingerprint density at radius 3 is 2.44 bits per heavy atom. The molecular formula is C14H9BrN2O. The number of H-pyrrole nitrogens is 1. The summed E-state index contributed by atoms with van der Waals surface area (Å²) in [5.41, 5.74) is 1.57. The van der Waals surface area contributed by atoms with Crippen LogP contribution in [0.2, 0.25) is 0 Å². The van der Waals surface area contributed by atoms with Gasteiger partial charge in [-0.15, -0.1) is 0 Å². The van der Waals surface area contributed by atoms with Gasteiger partial charge in [-0.3, -0.25) is 4.79 Å². The number of aromatic amines is 1. The zero-order valence-electron chi connectivity index (χ0n) is 9.35. The van der Waals surface area contributed by atoms with E-state index in [1.54, 1.807) is 6.07 Å². The van der Waals surface area contributed by atoms with Gasteiger partial charge in [-0.1, -0.05) is 46.3 Å². The largest absolute Gasteiger partial charge is 0.268 e. The van der Waals surface area contributed by atoms with Crippen molar-refractivity contribution in [1.29, 1.82) is 0 Å². The standard InChI is InChI=1S/C14H9BrN2O/c15-12-6-5-11(9-3-1-2-4-10(9)12)13-7-8-14(18)17-16-13/h1-8H,(H,17,18). The summed E-state index contributed by atoms with van der Waals surface area (Å²) in [5.74, 6) is 0. The number of benzene rings is 2. The molecule has 1 heterocycles. The van der Waals surface area contributed by atoms with E-state index in [0.29, 0.717) is 0 Å². The van der Waals surface area contributed by atoms with Crippen LogP contribution in [-0.4, -0.2) is 10.2 Å². The Morgan fingerprint density at radius 2 is 1.72 bits per heavy atom. The highest BCUT2D eigenvalue weighted by molar-refractivity contribution is 9.10. The van der Waals surface area contributed by atoms with Crippen molar-refractivity contribution in [2.24, 2.45) is 0 Å². The molecule has 0 aliphatic rings. The van der Waals surface area contributed by atoms with E-state index in [1.165, 1.54) is 6.07 Å². The minimum atomic E-state index is -0.194. The summed E-state index contributed by atoms with van der Waals surface area (Å²) >= 11 is 3.54. The lowest BCUT2D eigenvalue weighted by Crippen LogP contribution is -2.05. The predicted octanol–water partition coefficient (Wildman–Crippen LogP) is 3.35. The summed E-state index contributed by atoms with van der Waals surface area (Å²) in [4.78, 5) is 11.0. The molecule has 88 valence electrons. The number of aromatic nitrogens is 2. The monoisotopic (exact) mass is 300 g/mol. The van der Waals surface area contributed by atoms with Crippen LogP contribution in [0.15, 0.2) is 57.8 Å². The van der Waals surface area contributed by atoms with E-state index in [1.807, 2.05) is 30.3 Å². The molecule has 0 atom stereocenters. The molecule has 3 rings (SSSR count). The molecule has 0 fully saturated rings. The molecule has 4 heteroatoms. The van der Waals surface area contributed by atoms with Crippen LogP contribution in [0.3, 0.4) is 0 Å². The van der Waals surface area contributed by atoms with Crippen LogP contribution < -0.4 is 5.56 Å². The molecule has 0 radical (unpaired) electrons. The Hall–Kier alpha value is -1.94. The van der Waals surface area contributed by atoms with Crippen molar-refractivity contribution in [2.45, 2.75) is 0 Å². The van der Waals surface area contributed by atoms with E-state index in [0.717, 1.165) is 26.5 Å². The van der Waals surface area contributed by atoms with Gasteiger partial charge in [-0.25, -0.2) is 5.10 Å². The van der Waals surface area contributed by atoms with Crippen LogP contribution in [0.1, 0.15) is 0 Å². The Morgan fingerprint density at radius 1 is 0.944 bits per heavy atom. The van der Waals surface area contributed by atoms with E-state index >= 15 is 0 Å². The van der Waals surface area contributed by atoms with Gasteiger partial charge in [-0.2, -0.15) is 5.10 Å². The van der Waals surface area contributed by atoms with Gasteiger partial charge in [0.2, 0.25) is 0 Å². The highest BCUT2D eigenvalue weighted by atomic mass is 79.9. The summed E-state index contributed by atoms with van der Waals surface area (Å²) in [7, 11) is 0.